The normalized spacial score (nSPS) is 15.8. The maximum Gasteiger partial charge on any atom is 0.490 e. The number of hydrogen-bond acceptors (Lipinski definition) is 5. The van der Waals surface area contributed by atoms with Gasteiger partial charge < -0.3 is 25.4 Å². The number of carboxylic acid groups (broad SMARTS) is 1. The number of hydrogen-bond donors (Lipinski definition) is 4. The van der Waals surface area contributed by atoms with E-state index in [2.05, 4.69) is 5.32 Å². The van der Waals surface area contributed by atoms with Gasteiger partial charge in [-0.3, -0.25) is 0 Å². The third-order valence-electron chi connectivity index (χ3n) is 4.22. The van der Waals surface area contributed by atoms with Crippen molar-refractivity contribution in [2.45, 2.75) is 25.1 Å². The number of phenolic OH excluding ortho intramolecular Hbond substituents is 2. The molecule has 4 N–H and O–H groups in total. The number of halogens is 3. The number of phenols is 2. The third-order valence-corrected chi connectivity index (χ3v) is 4.22. The summed E-state index contributed by atoms with van der Waals surface area (Å²) in [5, 5.41) is 30.0. The lowest BCUT2D eigenvalue weighted by atomic mass is 9.90. The lowest BCUT2D eigenvalue weighted by Crippen LogP contribution is -2.31. The Morgan fingerprint density at radius 1 is 1.21 bits per heavy atom. The van der Waals surface area contributed by atoms with Crippen LogP contribution in [0.15, 0.2) is 36.4 Å². The molecule has 1 aliphatic heterocycles. The highest BCUT2D eigenvalue weighted by molar-refractivity contribution is 5.73. The third kappa shape index (κ3) is 5.53. The number of benzene rings is 2. The highest BCUT2D eigenvalue weighted by atomic mass is 19.4. The predicted octanol–water partition coefficient (Wildman–Crippen LogP) is 3.17. The number of carboxylic acids is 1. The molecule has 0 amide bonds. The fourth-order valence-electron chi connectivity index (χ4n) is 2.87. The molecule has 152 valence electrons. The molecule has 0 saturated heterocycles. The highest BCUT2D eigenvalue weighted by Crippen LogP contribution is 2.35. The molecule has 0 saturated carbocycles. The molecular formula is C19H20F3NO5. The molecule has 28 heavy (non-hydrogen) atoms. The van der Waals surface area contributed by atoms with E-state index in [4.69, 9.17) is 14.6 Å². The Morgan fingerprint density at radius 3 is 2.36 bits per heavy atom. The number of fused-ring (bicyclic) bond motifs is 1. The van der Waals surface area contributed by atoms with Gasteiger partial charge in [-0.2, -0.15) is 13.2 Å². The fraction of sp³-hybridized carbons (Fsp3) is 0.316. The van der Waals surface area contributed by atoms with Crippen molar-refractivity contribution in [1.29, 1.82) is 0 Å². The van der Waals surface area contributed by atoms with Gasteiger partial charge in [0, 0.05) is 6.04 Å². The maximum atomic E-state index is 10.6. The van der Waals surface area contributed by atoms with E-state index in [-0.39, 0.29) is 17.5 Å². The van der Waals surface area contributed by atoms with Crippen molar-refractivity contribution in [2.24, 2.45) is 0 Å². The first kappa shape index (κ1) is 21.4. The average Bonchev–Trinajstić information content (AvgIpc) is 2.63. The molecule has 0 radical (unpaired) electrons. The van der Waals surface area contributed by atoms with Crippen molar-refractivity contribution >= 4 is 5.97 Å². The van der Waals surface area contributed by atoms with E-state index >= 15 is 0 Å². The summed E-state index contributed by atoms with van der Waals surface area (Å²) in [5.41, 5.74) is 3.48. The van der Waals surface area contributed by atoms with E-state index in [1.807, 2.05) is 18.2 Å². The van der Waals surface area contributed by atoms with Crippen molar-refractivity contribution in [3.05, 3.63) is 53.1 Å². The fourth-order valence-corrected chi connectivity index (χ4v) is 2.87. The second kappa shape index (κ2) is 8.83. The Kier molecular flexibility index (Phi) is 6.74. The Morgan fingerprint density at radius 2 is 1.82 bits per heavy atom. The number of rotatable bonds is 3. The Hall–Kier alpha value is -2.94. The van der Waals surface area contributed by atoms with E-state index in [1.54, 1.807) is 25.3 Å². The van der Waals surface area contributed by atoms with Gasteiger partial charge in [0.1, 0.15) is 5.75 Å². The van der Waals surface area contributed by atoms with Crippen LogP contribution in [0.1, 0.15) is 22.7 Å². The summed E-state index contributed by atoms with van der Waals surface area (Å²) in [6.07, 6.45) is -3.34. The quantitative estimate of drug-likeness (QED) is 0.633. The molecule has 9 heteroatoms. The van der Waals surface area contributed by atoms with Crippen LogP contribution in [-0.4, -0.2) is 41.1 Å². The molecule has 0 bridgehead atoms. The highest BCUT2D eigenvalue weighted by Gasteiger charge is 2.38. The minimum absolute atomic E-state index is 0.162. The summed E-state index contributed by atoms with van der Waals surface area (Å²) < 4.78 is 36.9. The van der Waals surface area contributed by atoms with Gasteiger partial charge in [0.05, 0.1) is 7.11 Å². The van der Waals surface area contributed by atoms with Crippen LogP contribution in [0.5, 0.6) is 17.2 Å². The van der Waals surface area contributed by atoms with Crippen LogP contribution < -0.4 is 10.1 Å². The van der Waals surface area contributed by atoms with E-state index in [0.29, 0.717) is 5.75 Å². The molecule has 1 atom stereocenters. The van der Waals surface area contributed by atoms with Gasteiger partial charge in [-0.15, -0.1) is 0 Å². The SMILES string of the molecule is COc1cc2c(cc1O)C(Cc1ccc(O)cc1)NCC2.O=C(O)C(F)(F)F. The first-order valence-electron chi connectivity index (χ1n) is 8.33. The van der Waals surface area contributed by atoms with Crippen LogP contribution in [0.25, 0.3) is 0 Å². The van der Waals surface area contributed by atoms with Crippen molar-refractivity contribution in [2.75, 3.05) is 13.7 Å². The zero-order chi connectivity index (χ0) is 20.9. The van der Waals surface area contributed by atoms with E-state index in [9.17, 15) is 23.4 Å². The number of alkyl halides is 3. The lowest BCUT2D eigenvalue weighted by molar-refractivity contribution is -0.192. The summed E-state index contributed by atoms with van der Waals surface area (Å²) in [6.45, 7) is 0.906. The first-order valence-corrected chi connectivity index (χ1v) is 8.33. The first-order chi connectivity index (χ1) is 13.1. The van der Waals surface area contributed by atoms with Crippen molar-refractivity contribution in [3.63, 3.8) is 0 Å². The molecule has 1 heterocycles. The van der Waals surface area contributed by atoms with Crippen LogP contribution in [0.2, 0.25) is 0 Å². The number of ether oxygens (including phenoxy) is 1. The van der Waals surface area contributed by atoms with E-state index in [1.165, 1.54) is 5.56 Å². The Bertz CT molecular complexity index is 822. The van der Waals surface area contributed by atoms with Crippen LogP contribution in [0.3, 0.4) is 0 Å². The largest absolute Gasteiger partial charge is 0.508 e. The van der Waals surface area contributed by atoms with Crippen molar-refractivity contribution < 1.29 is 38.0 Å². The van der Waals surface area contributed by atoms with Crippen molar-refractivity contribution in [3.8, 4) is 17.2 Å². The summed E-state index contributed by atoms with van der Waals surface area (Å²) in [6, 6.07) is 11.1. The molecule has 6 nitrogen and oxygen atoms in total. The molecule has 2 aromatic rings. The molecule has 0 spiro atoms. The van der Waals surface area contributed by atoms with Crippen LogP contribution in [0, 0.1) is 0 Å². The van der Waals surface area contributed by atoms with Gasteiger partial charge in [0.25, 0.3) is 0 Å². The lowest BCUT2D eigenvalue weighted by Gasteiger charge is -2.28. The number of aromatic hydroxyl groups is 2. The van der Waals surface area contributed by atoms with Crippen LogP contribution in [-0.2, 0) is 17.6 Å². The molecule has 0 aromatic heterocycles. The van der Waals surface area contributed by atoms with Gasteiger partial charge in [-0.1, -0.05) is 12.1 Å². The molecular weight excluding hydrogens is 379 g/mol. The summed E-state index contributed by atoms with van der Waals surface area (Å²) >= 11 is 0. The maximum absolute atomic E-state index is 10.6. The molecule has 2 aromatic carbocycles. The van der Waals surface area contributed by atoms with E-state index in [0.717, 1.165) is 30.5 Å². The molecule has 0 aliphatic carbocycles. The van der Waals surface area contributed by atoms with Crippen LogP contribution >= 0.6 is 0 Å². The summed E-state index contributed by atoms with van der Waals surface area (Å²) in [5.74, 6) is -1.78. The number of nitrogens with one attached hydrogen (secondary N) is 1. The average molecular weight is 399 g/mol. The van der Waals surface area contributed by atoms with Gasteiger partial charge >= 0.3 is 12.1 Å². The second-order valence-electron chi connectivity index (χ2n) is 6.15. The number of aliphatic carboxylic acids is 1. The second-order valence-corrected chi connectivity index (χ2v) is 6.15. The van der Waals surface area contributed by atoms with Gasteiger partial charge in [-0.05, 0) is 60.3 Å². The molecule has 3 rings (SSSR count). The monoisotopic (exact) mass is 399 g/mol. The number of carbonyl (C=O) groups is 1. The number of methoxy groups -OCH3 is 1. The van der Waals surface area contributed by atoms with E-state index < -0.39 is 12.1 Å². The van der Waals surface area contributed by atoms with Gasteiger partial charge in [-0.25, -0.2) is 4.79 Å². The molecule has 1 aliphatic rings. The zero-order valence-corrected chi connectivity index (χ0v) is 15.0. The van der Waals surface area contributed by atoms with Crippen LogP contribution in [0.4, 0.5) is 13.2 Å². The smallest absolute Gasteiger partial charge is 0.490 e. The summed E-state index contributed by atoms with van der Waals surface area (Å²) in [4.78, 5) is 8.90. The minimum atomic E-state index is -5.08. The summed E-state index contributed by atoms with van der Waals surface area (Å²) in [7, 11) is 1.57. The minimum Gasteiger partial charge on any atom is -0.508 e. The topological polar surface area (TPSA) is 99.0 Å². The van der Waals surface area contributed by atoms with Crippen molar-refractivity contribution in [1.82, 2.24) is 5.32 Å². The molecule has 0 fully saturated rings. The van der Waals surface area contributed by atoms with Gasteiger partial charge in [0.15, 0.2) is 11.5 Å². The standard InChI is InChI=1S/C17H19NO3.C2HF3O2/c1-21-17-9-12-6-7-18-15(14(12)10-16(17)20)8-11-2-4-13(19)5-3-11;3-2(4,5)1(6)7/h2-5,9-10,15,18-20H,6-8H2,1H3;(H,6,7). The Labute approximate surface area is 159 Å². The zero-order valence-electron chi connectivity index (χ0n) is 15.0. The predicted molar refractivity (Wildman–Crippen MR) is 94.6 cm³/mol. The Balaban J connectivity index is 0.000000345. The van der Waals surface area contributed by atoms with Gasteiger partial charge in [0.2, 0.25) is 0 Å². The molecule has 1 unspecified atom stereocenters.